The van der Waals surface area contributed by atoms with E-state index in [0.717, 1.165) is 31.2 Å². The summed E-state index contributed by atoms with van der Waals surface area (Å²) in [6, 6.07) is 5.85. The van der Waals surface area contributed by atoms with Crippen LogP contribution in [-0.2, 0) is 20.2 Å². The molecule has 1 aromatic rings. The summed E-state index contributed by atoms with van der Waals surface area (Å²) in [5, 5.41) is 10.2. The molecule has 4 atom stereocenters. The van der Waals surface area contributed by atoms with Gasteiger partial charge in [0.15, 0.2) is 18.2 Å². The zero-order valence-corrected chi connectivity index (χ0v) is 19.2. The Morgan fingerprint density at radius 2 is 1.84 bits per heavy atom. The lowest BCUT2D eigenvalue weighted by Gasteiger charge is -2.46. The Kier molecular flexibility index (Phi) is 8.37. The molecule has 0 aromatic heterocycles. The summed E-state index contributed by atoms with van der Waals surface area (Å²) in [7, 11) is -1.37. The lowest BCUT2D eigenvalue weighted by Crippen LogP contribution is -2.61. The van der Waals surface area contributed by atoms with Gasteiger partial charge in [0.25, 0.3) is 0 Å². The van der Waals surface area contributed by atoms with Crippen LogP contribution in [0.4, 0.5) is 0 Å². The minimum Gasteiger partial charge on any atom is -0.493 e. The number of hydrogen-bond donors (Lipinski definition) is 3. The maximum absolute atomic E-state index is 11.4. The van der Waals surface area contributed by atoms with Gasteiger partial charge in [0.1, 0.15) is 24.8 Å². The quantitative estimate of drug-likeness (QED) is 0.360. The molecule has 3 N–H and O–H groups in total. The second kappa shape index (κ2) is 10.6. The number of benzene rings is 1. The lowest BCUT2D eigenvalue weighted by molar-refractivity contribution is -0.960. The van der Waals surface area contributed by atoms with Crippen LogP contribution in [-0.4, -0.2) is 78.3 Å². The lowest BCUT2D eigenvalue weighted by atomic mass is 9.89. The third-order valence-electron chi connectivity index (χ3n) is 6.51. The largest absolute Gasteiger partial charge is 0.493 e. The summed E-state index contributed by atoms with van der Waals surface area (Å²) in [6.45, 7) is 1.47. The van der Waals surface area contributed by atoms with E-state index in [1.807, 2.05) is 18.2 Å². The molecule has 1 aromatic carbocycles. The second-order valence-electron chi connectivity index (χ2n) is 8.52. The van der Waals surface area contributed by atoms with Crippen LogP contribution in [0, 0.1) is 0 Å². The van der Waals surface area contributed by atoms with E-state index in [-0.39, 0.29) is 18.9 Å². The number of nitrogens with zero attached hydrogens (tertiary/aromatic N) is 1. The van der Waals surface area contributed by atoms with Crippen molar-refractivity contribution in [3.8, 4) is 11.5 Å². The van der Waals surface area contributed by atoms with E-state index < -0.39 is 13.9 Å². The molecule has 0 bridgehead atoms. The highest BCUT2D eigenvalue weighted by atomic mass is 31.2. The topological polar surface area (TPSA) is 115 Å². The first-order chi connectivity index (χ1) is 14.8. The number of phosphoric acid groups is 1. The number of likely N-dealkylation sites (tertiary alicyclic amines) is 1. The van der Waals surface area contributed by atoms with E-state index in [1.54, 1.807) is 14.2 Å². The molecule has 2 aliphatic rings. The minimum absolute atomic E-state index is 0.0421. The summed E-state index contributed by atoms with van der Waals surface area (Å²) in [5.74, 6) is 1.37. The number of rotatable bonds is 10. The summed E-state index contributed by atoms with van der Waals surface area (Å²) in [6.07, 6.45) is 4.64. The van der Waals surface area contributed by atoms with Gasteiger partial charge in [0, 0.05) is 12.8 Å². The maximum Gasteiger partial charge on any atom is 0.474 e. The standard InChI is InChI=1S/C21H34NO8P/c1-27-20-8-7-16(13-21(20)28-2)10-12-29-19-6-4-3-5-18(19)22(11-9-17(23)14-22)15-30-31(24,25)26/h7-8,13,17-19,23H,3-6,9-12,14-15H2,1-2H3,(H-,24,25,26)/p+1/t17-,18+,19-,22+/m0/s1. The number of methoxy groups -OCH3 is 2. The molecule has 0 amide bonds. The fraction of sp³-hybridized carbons (Fsp3) is 0.714. The molecule has 0 unspecified atom stereocenters. The second-order valence-corrected chi connectivity index (χ2v) is 9.76. The van der Waals surface area contributed by atoms with Crippen molar-refractivity contribution in [2.45, 2.75) is 56.8 Å². The third-order valence-corrected chi connectivity index (χ3v) is 6.96. The average Bonchev–Trinajstić information content (AvgIpc) is 3.14. The van der Waals surface area contributed by atoms with Gasteiger partial charge in [-0.2, -0.15) is 0 Å². The number of phosphoric ester groups is 1. The monoisotopic (exact) mass is 460 g/mol. The number of aliphatic hydroxyl groups excluding tert-OH is 1. The normalized spacial score (nSPS) is 29.1. The van der Waals surface area contributed by atoms with E-state index >= 15 is 0 Å². The van der Waals surface area contributed by atoms with Gasteiger partial charge in [0.2, 0.25) is 0 Å². The maximum atomic E-state index is 11.4. The zero-order valence-electron chi connectivity index (χ0n) is 18.3. The Hall–Kier alpha value is -1.19. The number of aliphatic hydroxyl groups is 1. The van der Waals surface area contributed by atoms with Gasteiger partial charge in [0.05, 0.1) is 27.4 Å². The van der Waals surface area contributed by atoms with E-state index in [9.17, 15) is 19.5 Å². The molecule has 1 heterocycles. The number of ether oxygens (including phenoxy) is 3. The van der Waals surface area contributed by atoms with Crippen molar-refractivity contribution in [1.29, 1.82) is 0 Å². The third kappa shape index (κ3) is 6.42. The Bertz CT molecular complexity index is 772. The predicted molar refractivity (Wildman–Crippen MR) is 114 cm³/mol. The van der Waals surface area contributed by atoms with Crippen molar-refractivity contribution in [3.05, 3.63) is 23.8 Å². The van der Waals surface area contributed by atoms with Crippen LogP contribution in [0.3, 0.4) is 0 Å². The summed E-state index contributed by atoms with van der Waals surface area (Å²) in [4.78, 5) is 18.5. The van der Waals surface area contributed by atoms with Gasteiger partial charge < -0.3 is 29.1 Å². The van der Waals surface area contributed by atoms with Gasteiger partial charge in [-0.05, 0) is 37.0 Å². The van der Waals surface area contributed by atoms with E-state index in [0.29, 0.717) is 48.5 Å². The van der Waals surface area contributed by atoms with Crippen molar-refractivity contribution in [1.82, 2.24) is 0 Å². The first-order valence-electron chi connectivity index (χ1n) is 10.8. The van der Waals surface area contributed by atoms with Crippen LogP contribution in [0.15, 0.2) is 18.2 Å². The van der Waals surface area contributed by atoms with Crippen LogP contribution < -0.4 is 9.47 Å². The van der Waals surface area contributed by atoms with Gasteiger partial charge in [-0.15, -0.1) is 0 Å². The van der Waals surface area contributed by atoms with E-state index in [1.165, 1.54) is 0 Å². The van der Waals surface area contributed by atoms with E-state index in [2.05, 4.69) is 0 Å². The zero-order chi connectivity index (χ0) is 22.5. The first-order valence-corrected chi connectivity index (χ1v) is 12.4. The van der Waals surface area contributed by atoms with Crippen LogP contribution in [0.1, 0.15) is 37.7 Å². The minimum atomic E-state index is -4.59. The van der Waals surface area contributed by atoms with Crippen LogP contribution in [0.5, 0.6) is 11.5 Å². The SMILES string of the molecule is COc1ccc(CCO[C@H]2CCCC[C@H]2[N@+]2(COP(=O)(O)O)CC[C@H](O)C2)cc1OC. The first kappa shape index (κ1) is 24.5. The summed E-state index contributed by atoms with van der Waals surface area (Å²) in [5.41, 5.74) is 1.08. The van der Waals surface area contributed by atoms with Crippen LogP contribution in [0.2, 0.25) is 0 Å². The number of hydrogen-bond acceptors (Lipinski definition) is 6. The van der Waals surface area contributed by atoms with Crippen molar-refractivity contribution >= 4 is 7.82 Å². The fourth-order valence-corrected chi connectivity index (χ4v) is 5.36. The molecule has 1 aliphatic carbocycles. The molecule has 1 saturated heterocycles. The molecular formula is C21H35NO8P+. The smallest absolute Gasteiger partial charge is 0.474 e. The van der Waals surface area contributed by atoms with Crippen molar-refractivity contribution in [3.63, 3.8) is 0 Å². The van der Waals surface area contributed by atoms with Gasteiger partial charge in [-0.25, -0.2) is 9.09 Å². The fourth-order valence-electron chi connectivity index (χ4n) is 4.98. The molecule has 3 rings (SSSR count). The highest BCUT2D eigenvalue weighted by Crippen LogP contribution is 2.41. The molecule has 2 fully saturated rings. The van der Waals surface area contributed by atoms with E-state index in [4.69, 9.17) is 18.7 Å². The molecule has 10 heteroatoms. The van der Waals surface area contributed by atoms with Gasteiger partial charge in [-0.3, -0.25) is 4.48 Å². The molecule has 1 saturated carbocycles. The van der Waals surface area contributed by atoms with Gasteiger partial charge in [-0.1, -0.05) is 12.5 Å². The molecule has 176 valence electrons. The predicted octanol–water partition coefficient (Wildman–Crippen LogP) is 2.22. The Morgan fingerprint density at radius 3 is 2.48 bits per heavy atom. The van der Waals surface area contributed by atoms with Crippen LogP contribution in [0.25, 0.3) is 0 Å². The number of quaternary nitrogens is 1. The highest BCUT2D eigenvalue weighted by molar-refractivity contribution is 7.46. The highest BCUT2D eigenvalue weighted by Gasteiger charge is 2.49. The molecule has 1 aliphatic heterocycles. The summed E-state index contributed by atoms with van der Waals surface area (Å²) < 4.78 is 33.6. The Morgan fingerprint density at radius 1 is 1.10 bits per heavy atom. The molecule has 31 heavy (non-hydrogen) atoms. The summed E-state index contributed by atoms with van der Waals surface area (Å²) >= 11 is 0. The van der Waals surface area contributed by atoms with Crippen LogP contribution >= 0.6 is 7.82 Å². The average molecular weight is 460 g/mol. The Balaban J connectivity index is 1.66. The van der Waals surface area contributed by atoms with Crippen molar-refractivity contribution in [2.75, 3.05) is 40.6 Å². The Labute approximate surface area is 183 Å². The molecule has 9 nitrogen and oxygen atoms in total. The van der Waals surface area contributed by atoms with Crippen molar-refractivity contribution in [2.24, 2.45) is 0 Å². The molecule has 0 spiro atoms. The molecular weight excluding hydrogens is 425 g/mol. The van der Waals surface area contributed by atoms with Gasteiger partial charge >= 0.3 is 7.82 Å². The van der Waals surface area contributed by atoms with Crippen molar-refractivity contribution < 1.29 is 42.7 Å². The molecule has 0 radical (unpaired) electrons.